The topological polar surface area (TPSA) is 108 Å². The van der Waals surface area contributed by atoms with Crippen molar-refractivity contribution in [3.05, 3.63) is 17.2 Å². The lowest BCUT2D eigenvalue weighted by molar-refractivity contribution is -0.287. The van der Waals surface area contributed by atoms with Crippen LogP contribution in [0.25, 0.3) is 0 Å². The van der Waals surface area contributed by atoms with Gasteiger partial charge in [0, 0.05) is 18.1 Å². The van der Waals surface area contributed by atoms with E-state index >= 15 is 0 Å². The van der Waals surface area contributed by atoms with Crippen LogP contribution in [0.1, 0.15) is 67.3 Å². The molecule has 1 aromatic rings. The quantitative estimate of drug-likeness (QED) is 0.482. The highest BCUT2D eigenvalue weighted by atomic mass is 19.3. The molecular weight excluding hydrogens is 348 g/mol. The molecule has 1 aliphatic carbocycles. The average Bonchev–Trinajstić information content (AvgIpc) is 2.92. The van der Waals surface area contributed by atoms with Gasteiger partial charge >= 0.3 is 6.29 Å². The maximum Gasteiger partial charge on any atom is 0.586 e. The Labute approximate surface area is 149 Å². The average molecular weight is 369 g/mol. The third-order valence-corrected chi connectivity index (χ3v) is 4.80. The van der Waals surface area contributed by atoms with Crippen molar-refractivity contribution in [1.29, 1.82) is 0 Å². The number of rotatable bonds is 4. The molecule has 7 nitrogen and oxygen atoms in total. The smallest absolute Gasteiger partial charge is 0.395 e. The van der Waals surface area contributed by atoms with E-state index in [9.17, 15) is 18.4 Å². The van der Waals surface area contributed by atoms with Gasteiger partial charge in [0.2, 0.25) is 5.91 Å². The van der Waals surface area contributed by atoms with Crippen molar-refractivity contribution in [2.45, 2.75) is 57.7 Å². The number of carbonyl (C=O) groups excluding carboxylic acids is 2. The van der Waals surface area contributed by atoms with Gasteiger partial charge in [-0.05, 0) is 18.8 Å². The highest BCUT2D eigenvalue weighted by molar-refractivity contribution is 6.06. The van der Waals surface area contributed by atoms with Gasteiger partial charge in [-0.15, -0.1) is 8.78 Å². The van der Waals surface area contributed by atoms with E-state index in [-0.39, 0.29) is 40.7 Å². The van der Waals surface area contributed by atoms with Crippen LogP contribution in [0.3, 0.4) is 0 Å². The zero-order chi connectivity index (χ0) is 19.1. The standard InChI is InChI=1S/C17H21F2N3O4/c1-2-12(23)22(21)10-8-11-15(26-17(18,19)25-11)13(14(10)16(20)24)9-6-4-3-5-7-9/h8-9H,2-7,21H2,1H3,(H2,20,24). The first-order valence-corrected chi connectivity index (χ1v) is 8.59. The summed E-state index contributed by atoms with van der Waals surface area (Å²) in [6.07, 6.45) is 0.397. The predicted octanol–water partition coefficient (Wildman–Crippen LogP) is 2.77. The number of amides is 2. The van der Waals surface area contributed by atoms with E-state index in [0.717, 1.165) is 30.3 Å². The van der Waals surface area contributed by atoms with Gasteiger partial charge in [-0.25, -0.2) is 10.9 Å². The van der Waals surface area contributed by atoms with E-state index in [0.29, 0.717) is 12.8 Å². The van der Waals surface area contributed by atoms with Crippen molar-refractivity contribution in [3.63, 3.8) is 0 Å². The Morgan fingerprint density at radius 3 is 2.50 bits per heavy atom. The van der Waals surface area contributed by atoms with Crippen molar-refractivity contribution in [1.82, 2.24) is 0 Å². The second-order valence-corrected chi connectivity index (χ2v) is 6.50. The lowest BCUT2D eigenvalue weighted by Crippen LogP contribution is -2.39. The molecule has 0 aromatic heterocycles. The van der Waals surface area contributed by atoms with Crippen LogP contribution < -0.4 is 26.1 Å². The zero-order valence-corrected chi connectivity index (χ0v) is 14.4. The van der Waals surface area contributed by atoms with Crippen LogP contribution in [0.2, 0.25) is 0 Å². The van der Waals surface area contributed by atoms with Crippen LogP contribution in [0.15, 0.2) is 6.07 Å². The molecule has 142 valence electrons. The lowest BCUT2D eigenvalue weighted by atomic mass is 9.80. The molecule has 26 heavy (non-hydrogen) atoms. The van der Waals surface area contributed by atoms with Crippen LogP contribution in [-0.4, -0.2) is 18.1 Å². The number of fused-ring (bicyclic) bond motifs is 1. The Kier molecular flexibility index (Phi) is 4.74. The van der Waals surface area contributed by atoms with Crippen molar-refractivity contribution < 1.29 is 27.8 Å². The number of ether oxygens (including phenoxy) is 2. The third kappa shape index (κ3) is 3.18. The van der Waals surface area contributed by atoms with Gasteiger partial charge in [0.25, 0.3) is 5.91 Å². The summed E-state index contributed by atoms with van der Waals surface area (Å²) in [4.78, 5) is 24.2. The fourth-order valence-corrected chi connectivity index (χ4v) is 3.63. The minimum absolute atomic E-state index is 0.0510. The molecule has 1 heterocycles. The number of hydrazine groups is 1. The van der Waals surface area contributed by atoms with Crippen LogP contribution >= 0.6 is 0 Å². The molecule has 0 spiro atoms. The Bertz CT molecular complexity index is 748. The van der Waals surface area contributed by atoms with Crippen molar-refractivity contribution in [2.75, 3.05) is 5.01 Å². The number of halogens is 2. The van der Waals surface area contributed by atoms with E-state index in [1.807, 2.05) is 0 Å². The monoisotopic (exact) mass is 369 g/mol. The first-order chi connectivity index (χ1) is 12.2. The number of benzene rings is 1. The van der Waals surface area contributed by atoms with Crippen molar-refractivity contribution in [3.8, 4) is 11.5 Å². The first-order valence-electron chi connectivity index (χ1n) is 8.59. The minimum atomic E-state index is -3.85. The molecular formula is C17H21F2N3O4. The van der Waals surface area contributed by atoms with E-state index in [1.165, 1.54) is 0 Å². The number of primary amides is 1. The number of nitrogens with two attached hydrogens (primary N) is 2. The minimum Gasteiger partial charge on any atom is -0.395 e. The fourth-order valence-electron chi connectivity index (χ4n) is 3.63. The second kappa shape index (κ2) is 6.71. The number of carbonyl (C=O) groups is 2. The summed E-state index contributed by atoms with van der Waals surface area (Å²) in [5.41, 5.74) is 5.68. The van der Waals surface area contributed by atoms with Crippen LogP contribution in [0.4, 0.5) is 14.5 Å². The summed E-state index contributed by atoms with van der Waals surface area (Å²) < 4.78 is 36.7. The SMILES string of the molecule is CCC(=O)N(N)c1cc2c(c(C3CCCCC3)c1C(N)=O)OC(F)(F)O2. The molecule has 3 rings (SSSR count). The molecule has 1 saturated carbocycles. The summed E-state index contributed by atoms with van der Waals surface area (Å²) in [5, 5.41) is 0.756. The Hall–Kier alpha value is -2.42. The highest BCUT2D eigenvalue weighted by Gasteiger charge is 2.47. The second-order valence-electron chi connectivity index (χ2n) is 6.50. The third-order valence-electron chi connectivity index (χ3n) is 4.80. The number of hydrogen-bond donors (Lipinski definition) is 2. The summed E-state index contributed by atoms with van der Waals surface area (Å²) >= 11 is 0. The predicted molar refractivity (Wildman–Crippen MR) is 89.0 cm³/mol. The number of anilines is 1. The van der Waals surface area contributed by atoms with Crippen molar-refractivity contribution >= 4 is 17.5 Å². The molecule has 1 aliphatic heterocycles. The molecule has 2 aliphatic rings. The molecule has 0 radical (unpaired) electrons. The maximum atomic E-state index is 13.7. The van der Waals surface area contributed by atoms with Crippen LogP contribution in [-0.2, 0) is 4.79 Å². The number of alkyl halides is 2. The Morgan fingerprint density at radius 2 is 1.92 bits per heavy atom. The molecule has 2 amide bonds. The largest absolute Gasteiger partial charge is 0.586 e. The number of nitrogens with zero attached hydrogens (tertiary/aromatic N) is 1. The summed E-state index contributed by atoms with van der Waals surface area (Å²) in [5.74, 6) is 3.83. The maximum absolute atomic E-state index is 13.7. The van der Waals surface area contributed by atoms with E-state index in [1.54, 1.807) is 6.92 Å². The summed E-state index contributed by atoms with van der Waals surface area (Å²) in [6.45, 7) is 1.59. The first kappa shape index (κ1) is 18.4. The normalized spacial score (nSPS) is 18.6. The van der Waals surface area contributed by atoms with Crippen LogP contribution in [0, 0.1) is 0 Å². The Morgan fingerprint density at radius 1 is 1.27 bits per heavy atom. The molecule has 1 fully saturated rings. The van der Waals surface area contributed by atoms with Crippen molar-refractivity contribution in [2.24, 2.45) is 11.6 Å². The van der Waals surface area contributed by atoms with Gasteiger partial charge in [0.15, 0.2) is 11.5 Å². The van der Waals surface area contributed by atoms with Gasteiger partial charge < -0.3 is 15.2 Å². The molecule has 0 bridgehead atoms. The molecule has 0 atom stereocenters. The summed E-state index contributed by atoms with van der Waals surface area (Å²) in [7, 11) is 0. The van der Waals surface area contributed by atoms with E-state index < -0.39 is 18.1 Å². The summed E-state index contributed by atoms with van der Waals surface area (Å²) in [6, 6.07) is 1.11. The zero-order valence-electron chi connectivity index (χ0n) is 14.4. The van der Waals surface area contributed by atoms with E-state index in [2.05, 4.69) is 9.47 Å². The molecule has 4 N–H and O–H groups in total. The van der Waals surface area contributed by atoms with Gasteiger partial charge in [-0.3, -0.25) is 9.59 Å². The molecule has 0 saturated heterocycles. The molecule has 9 heteroatoms. The van der Waals surface area contributed by atoms with Gasteiger partial charge in [0.1, 0.15) is 0 Å². The van der Waals surface area contributed by atoms with Crippen LogP contribution in [0.5, 0.6) is 11.5 Å². The lowest BCUT2D eigenvalue weighted by Gasteiger charge is -2.27. The highest BCUT2D eigenvalue weighted by Crippen LogP contribution is 2.52. The van der Waals surface area contributed by atoms with Gasteiger partial charge in [0.05, 0.1) is 11.3 Å². The molecule has 0 unspecified atom stereocenters. The Balaban J connectivity index is 2.23. The fraction of sp³-hybridized carbons (Fsp3) is 0.529. The molecule has 1 aromatic carbocycles. The van der Waals surface area contributed by atoms with E-state index in [4.69, 9.17) is 11.6 Å². The number of hydrogen-bond acceptors (Lipinski definition) is 5. The van der Waals surface area contributed by atoms with Gasteiger partial charge in [-0.1, -0.05) is 26.2 Å². The van der Waals surface area contributed by atoms with Gasteiger partial charge in [-0.2, -0.15) is 0 Å².